The van der Waals surface area contributed by atoms with Crippen LogP contribution in [0.5, 0.6) is 0 Å². The lowest BCUT2D eigenvalue weighted by Gasteiger charge is -2.03. The van der Waals surface area contributed by atoms with Crippen LogP contribution < -0.4 is 11.0 Å². The van der Waals surface area contributed by atoms with Crippen LogP contribution in [0, 0.1) is 0 Å². The van der Waals surface area contributed by atoms with Crippen molar-refractivity contribution in [1.29, 1.82) is 0 Å². The highest BCUT2D eigenvalue weighted by atomic mass is 19.3. The quantitative estimate of drug-likeness (QED) is 0.761. The van der Waals surface area contributed by atoms with Crippen LogP contribution >= 0.6 is 0 Å². The molecule has 0 saturated carbocycles. The zero-order chi connectivity index (χ0) is 10.8. The van der Waals surface area contributed by atoms with Gasteiger partial charge in [0.15, 0.2) is 5.65 Å². The number of nitrogens with one attached hydrogen (secondary N) is 2. The Balaban J connectivity index is 2.27. The molecule has 15 heavy (non-hydrogen) atoms. The van der Waals surface area contributed by atoms with Crippen molar-refractivity contribution in [3.63, 3.8) is 0 Å². The van der Waals surface area contributed by atoms with Gasteiger partial charge < -0.3 is 5.32 Å². The molecule has 2 aromatic heterocycles. The van der Waals surface area contributed by atoms with Gasteiger partial charge in [-0.2, -0.15) is 5.10 Å². The fraction of sp³-hybridized carbons (Fsp3) is 0.286. The minimum atomic E-state index is -2.45. The standard InChI is InChI=1S/C7H7F2N5O/c8-4(9)2-10-5-1-6-12-13-7(15)14(6)3-11-5/h1,3-4,10H,2H2,(H,13,15). The summed E-state index contributed by atoms with van der Waals surface area (Å²) in [6, 6.07) is 1.40. The summed E-state index contributed by atoms with van der Waals surface area (Å²) in [6.45, 7) is -0.488. The predicted molar refractivity (Wildman–Crippen MR) is 48.1 cm³/mol. The van der Waals surface area contributed by atoms with Gasteiger partial charge in [0.1, 0.15) is 12.1 Å². The summed E-state index contributed by atoms with van der Waals surface area (Å²) in [6.07, 6.45) is -1.24. The average molecular weight is 215 g/mol. The van der Waals surface area contributed by atoms with Crippen LogP contribution in [0.4, 0.5) is 14.6 Å². The van der Waals surface area contributed by atoms with E-state index in [0.717, 1.165) is 0 Å². The molecule has 0 saturated heterocycles. The molecule has 0 aliphatic rings. The van der Waals surface area contributed by atoms with E-state index in [-0.39, 0.29) is 5.82 Å². The van der Waals surface area contributed by atoms with Crippen molar-refractivity contribution < 1.29 is 8.78 Å². The molecule has 2 N–H and O–H groups in total. The van der Waals surface area contributed by atoms with Crippen molar-refractivity contribution in [2.45, 2.75) is 6.43 Å². The van der Waals surface area contributed by atoms with Crippen LogP contribution in [0.25, 0.3) is 5.65 Å². The topological polar surface area (TPSA) is 75.1 Å². The lowest BCUT2D eigenvalue weighted by Crippen LogP contribution is -2.13. The van der Waals surface area contributed by atoms with Crippen molar-refractivity contribution in [2.75, 3.05) is 11.9 Å². The van der Waals surface area contributed by atoms with E-state index in [0.29, 0.717) is 5.65 Å². The second-order valence-corrected chi connectivity index (χ2v) is 2.80. The molecule has 6 nitrogen and oxygen atoms in total. The largest absolute Gasteiger partial charge is 0.364 e. The summed E-state index contributed by atoms with van der Waals surface area (Å²) >= 11 is 0. The van der Waals surface area contributed by atoms with Crippen LogP contribution in [-0.2, 0) is 0 Å². The Bertz CT molecular complexity index is 519. The normalized spacial score (nSPS) is 11.1. The van der Waals surface area contributed by atoms with Crippen LogP contribution in [0.3, 0.4) is 0 Å². The van der Waals surface area contributed by atoms with Gasteiger partial charge in [-0.05, 0) is 0 Å². The smallest absolute Gasteiger partial charge is 0.348 e. The van der Waals surface area contributed by atoms with Gasteiger partial charge >= 0.3 is 5.69 Å². The van der Waals surface area contributed by atoms with Crippen molar-refractivity contribution in [2.24, 2.45) is 0 Å². The molecule has 0 bridgehead atoms. The third kappa shape index (κ3) is 1.92. The Morgan fingerprint density at radius 3 is 3.13 bits per heavy atom. The highest BCUT2D eigenvalue weighted by Crippen LogP contribution is 2.04. The molecular weight excluding hydrogens is 208 g/mol. The first-order chi connectivity index (χ1) is 7.16. The van der Waals surface area contributed by atoms with Gasteiger partial charge in [-0.15, -0.1) is 0 Å². The molecule has 0 amide bonds. The lowest BCUT2D eigenvalue weighted by molar-refractivity contribution is 0.163. The van der Waals surface area contributed by atoms with Gasteiger partial charge in [-0.3, -0.25) is 0 Å². The van der Waals surface area contributed by atoms with Crippen LogP contribution in [0.1, 0.15) is 0 Å². The molecule has 8 heteroatoms. The van der Waals surface area contributed by atoms with Crippen LogP contribution in [-0.4, -0.2) is 32.6 Å². The van der Waals surface area contributed by atoms with E-state index < -0.39 is 18.7 Å². The first kappa shape index (κ1) is 9.56. The van der Waals surface area contributed by atoms with E-state index in [1.165, 1.54) is 16.8 Å². The molecule has 0 aliphatic carbocycles. The maximum Gasteiger partial charge on any atom is 0.348 e. The second-order valence-electron chi connectivity index (χ2n) is 2.80. The number of aromatic amines is 1. The number of fused-ring (bicyclic) bond motifs is 1. The van der Waals surface area contributed by atoms with Crippen molar-refractivity contribution in [3.8, 4) is 0 Å². The highest BCUT2D eigenvalue weighted by molar-refractivity contribution is 5.48. The average Bonchev–Trinajstić information content (AvgIpc) is 2.57. The minimum absolute atomic E-state index is 0.252. The maximum atomic E-state index is 11.9. The Labute approximate surface area is 81.9 Å². The molecule has 80 valence electrons. The summed E-state index contributed by atoms with van der Waals surface area (Å²) < 4.78 is 24.9. The van der Waals surface area contributed by atoms with Gasteiger partial charge in [0.2, 0.25) is 0 Å². The summed E-state index contributed by atoms with van der Waals surface area (Å²) in [5.41, 5.74) is -0.0929. The number of nitrogens with zero attached hydrogens (tertiary/aromatic N) is 3. The molecular formula is C7H7F2N5O. The third-order valence-electron chi connectivity index (χ3n) is 1.75. The number of halogens is 2. The SMILES string of the molecule is O=c1[nH]nc2cc(NCC(F)F)ncn12. The van der Waals surface area contributed by atoms with Crippen molar-refractivity contribution in [3.05, 3.63) is 22.9 Å². The number of anilines is 1. The highest BCUT2D eigenvalue weighted by Gasteiger charge is 2.04. The van der Waals surface area contributed by atoms with Crippen molar-refractivity contribution in [1.82, 2.24) is 19.6 Å². The fourth-order valence-electron chi connectivity index (χ4n) is 1.09. The summed E-state index contributed by atoms with van der Waals surface area (Å²) in [4.78, 5) is 14.8. The molecule has 0 radical (unpaired) electrons. The monoisotopic (exact) mass is 215 g/mol. The molecule has 0 aliphatic heterocycles. The number of H-pyrrole nitrogens is 1. The summed E-state index contributed by atoms with van der Waals surface area (Å²) in [5.74, 6) is 0.252. The van der Waals surface area contributed by atoms with E-state index in [1.807, 2.05) is 0 Å². The number of alkyl halides is 2. The van der Waals surface area contributed by atoms with E-state index >= 15 is 0 Å². The predicted octanol–water partition coefficient (Wildman–Crippen LogP) is 0.0946. The fourth-order valence-corrected chi connectivity index (χ4v) is 1.09. The summed E-state index contributed by atoms with van der Waals surface area (Å²) in [5, 5.41) is 8.29. The van der Waals surface area contributed by atoms with Gasteiger partial charge in [0.25, 0.3) is 6.43 Å². The van der Waals surface area contributed by atoms with Crippen LogP contribution in [0.15, 0.2) is 17.2 Å². The zero-order valence-electron chi connectivity index (χ0n) is 7.44. The molecule has 0 aromatic carbocycles. The first-order valence-electron chi connectivity index (χ1n) is 4.11. The van der Waals surface area contributed by atoms with E-state index in [1.54, 1.807) is 0 Å². The molecule has 2 heterocycles. The lowest BCUT2D eigenvalue weighted by atomic mass is 10.5. The number of rotatable bonds is 3. The maximum absolute atomic E-state index is 11.9. The minimum Gasteiger partial charge on any atom is -0.364 e. The van der Waals surface area contributed by atoms with E-state index in [2.05, 4.69) is 20.5 Å². The van der Waals surface area contributed by atoms with Crippen LogP contribution in [0.2, 0.25) is 0 Å². The van der Waals surface area contributed by atoms with Gasteiger partial charge in [0, 0.05) is 6.07 Å². The number of hydrogen-bond acceptors (Lipinski definition) is 4. The number of aromatic nitrogens is 4. The Hall–Kier alpha value is -1.99. The molecule has 0 spiro atoms. The Morgan fingerprint density at radius 2 is 2.40 bits per heavy atom. The second kappa shape index (κ2) is 3.64. The Kier molecular flexibility index (Phi) is 2.32. The molecule has 0 unspecified atom stereocenters. The number of hydrogen-bond donors (Lipinski definition) is 2. The van der Waals surface area contributed by atoms with Crippen molar-refractivity contribution >= 4 is 11.5 Å². The first-order valence-corrected chi connectivity index (χ1v) is 4.11. The van der Waals surface area contributed by atoms with E-state index in [9.17, 15) is 13.6 Å². The van der Waals surface area contributed by atoms with Gasteiger partial charge in [-0.25, -0.2) is 28.1 Å². The molecule has 0 fully saturated rings. The van der Waals surface area contributed by atoms with Gasteiger partial charge in [-0.1, -0.05) is 0 Å². The molecule has 0 atom stereocenters. The third-order valence-corrected chi connectivity index (χ3v) is 1.75. The molecule has 2 aromatic rings. The summed E-state index contributed by atoms with van der Waals surface area (Å²) in [7, 11) is 0. The zero-order valence-corrected chi connectivity index (χ0v) is 7.44. The Morgan fingerprint density at radius 1 is 1.60 bits per heavy atom. The van der Waals surface area contributed by atoms with E-state index in [4.69, 9.17) is 0 Å². The molecule has 2 rings (SSSR count). The van der Waals surface area contributed by atoms with Gasteiger partial charge in [0.05, 0.1) is 6.54 Å².